The van der Waals surface area contributed by atoms with E-state index in [0.29, 0.717) is 11.5 Å². The Labute approximate surface area is 139 Å². The maximum absolute atomic E-state index is 12.6. The van der Waals surface area contributed by atoms with Gasteiger partial charge >= 0.3 is 5.97 Å². The molecule has 3 heteroatoms. The molecule has 0 aliphatic heterocycles. The van der Waals surface area contributed by atoms with Crippen molar-refractivity contribution in [3.8, 4) is 0 Å². The molecule has 3 nitrogen and oxygen atoms in total. The molecule has 126 valence electrons. The standard InChI is InChI=1S/C20H28O3/c1-7-11(2)18(22)23-14-8-9-20(6)15-12(3)10-13(21)16(20)17(15)19(14,4)5/h7,10,14-17H,8-9H2,1-6H3. The Hall–Kier alpha value is -1.38. The molecule has 0 aromatic carbocycles. The summed E-state index contributed by atoms with van der Waals surface area (Å²) in [6.45, 7) is 12.3. The first kappa shape index (κ1) is 16.5. The van der Waals surface area contributed by atoms with Crippen LogP contribution in [0.5, 0.6) is 0 Å². The van der Waals surface area contributed by atoms with Gasteiger partial charge in [-0.25, -0.2) is 4.79 Å². The molecule has 0 aromatic rings. The molecule has 4 bridgehead atoms. The minimum absolute atomic E-state index is 0.0502. The second-order valence-corrected chi connectivity index (χ2v) is 8.50. The SMILES string of the molecule is CC=C(C)C(=O)OC1CCC2(C)C3C(=O)C=C(C)C2C3C1(C)C. The van der Waals surface area contributed by atoms with Crippen molar-refractivity contribution in [3.05, 3.63) is 23.3 Å². The number of hydrogen-bond acceptors (Lipinski definition) is 3. The zero-order valence-electron chi connectivity index (χ0n) is 15.1. The fourth-order valence-electron chi connectivity index (χ4n) is 5.55. The van der Waals surface area contributed by atoms with Gasteiger partial charge in [-0.15, -0.1) is 0 Å². The number of ketones is 1. The summed E-state index contributed by atoms with van der Waals surface area (Å²) in [6, 6.07) is 0. The first-order valence-electron chi connectivity index (χ1n) is 8.70. The molecular weight excluding hydrogens is 288 g/mol. The third-order valence-corrected chi connectivity index (χ3v) is 6.94. The third kappa shape index (κ3) is 2.08. The van der Waals surface area contributed by atoms with Crippen molar-refractivity contribution in [3.63, 3.8) is 0 Å². The van der Waals surface area contributed by atoms with Crippen LogP contribution in [0.15, 0.2) is 23.3 Å². The van der Waals surface area contributed by atoms with Crippen molar-refractivity contribution in [2.24, 2.45) is 28.6 Å². The summed E-state index contributed by atoms with van der Waals surface area (Å²) >= 11 is 0. The van der Waals surface area contributed by atoms with Gasteiger partial charge in [0.15, 0.2) is 5.78 Å². The molecule has 0 saturated heterocycles. The van der Waals surface area contributed by atoms with Gasteiger partial charge in [0.05, 0.1) is 0 Å². The minimum atomic E-state index is -0.224. The summed E-state index contributed by atoms with van der Waals surface area (Å²) in [5, 5.41) is 0. The highest BCUT2D eigenvalue weighted by Crippen LogP contribution is 2.71. The maximum Gasteiger partial charge on any atom is 0.333 e. The van der Waals surface area contributed by atoms with Crippen molar-refractivity contribution < 1.29 is 14.3 Å². The normalized spacial score (nSPS) is 41.6. The molecule has 0 amide bonds. The fraction of sp³-hybridized carbons (Fsp3) is 0.700. The highest BCUT2D eigenvalue weighted by atomic mass is 16.5. The van der Waals surface area contributed by atoms with E-state index >= 15 is 0 Å². The molecule has 0 heterocycles. The lowest BCUT2D eigenvalue weighted by Gasteiger charge is -2.65. The Morgan fingerprint density at radius 3 is 2.52 bits per heavy atom. The van der Waals surface area contributed by atoms with Crippen LogP contribution >= 0.6 is 0 Å². The summed E-state index contributed by atoms with van der Waals surface area (Å²) in [6.07, 6.45) is 5.31. The highest BCUT2D eigenvalue weighted by Gasteiger charge is 2.70. The molecule has 0 radical (unpaired) electrons. The summed E-state index contributed by atoms with van der Waals surface area (Å²) in [5.74, 6) is 0.890. The summed E-state index contributed by atoms with van der Waals surface area (Å²) in [7, 11) is 0. The van der Waals surface area contributed by atoms with Crippen molar-refractivity contribution in [1.29, 1.82) is 0 Å². The summed E-state index contributed by atoms with van der Waals surface area (Å²) < 4.78 is 5.88. The van der Waals surface area contributed by atoms with E-state index in [1.165, 1.54) is 5.57 Å². The first-order chi connectivity index (χ1) is 10.6. The zero-order valence-corrected chi connectivity index (χ0v) is 15.1. The third-order valence-electron chi connectivity index (χ3n) is 6.94. The monoisotopic (exact) mass is 316 g/mol. The van der Waals surface area contributed by atoms with Gasteiger partial charge in [0, 0.05) is 16.9 Å². The van der Waals surface area contributed by atoms with Crippen molar-refractivity contribution >= 4 is 11.8 Å². The topological polar surface area (TPSA) is 43.4 Å². The van der Waals surface area contributed by atoms with E-state index in [2.05, 4.69) is 27.7 Å². The second-order valence-electron chi connectivity index (χ2n) is 8.50. The quantitative estimate of drug-likeness (QED) is 0.569. The number of rotatable bonds is 2. The van der Waals surface area contributed by atoms with Gasteiger partial charge < -0.3 is 4.74 Å². The predicted octanol–water partition coefficient (Wildman–Crippen LogP) is 4.08. The van der Waals surface area contributed by atoms with E-state index in [-0.39, 0.29) is 40.5 Å². The van der Waals surface area contributed by atoms with Gasteiger partial charge in [-0.3, -0.25) is 4.79 Å². The van der Waals surface area contributed by atoms with E-state index < -0.39 is 0 Å². The van der Waals surface area contributed by atoms with Crippen LogP contribution in [-0.4, -0.2) is 17.9 Å². The van der Waals surface area contributed by atoms with Crippen molar-refractivity contribution in [1.82, 2.24) is 0 Å². The van der Waals surface area contributed by atoms with Crippen molar-refractivity contribution in [2.75, 3.05) is 0 Å². The smallest absolute Gasteiger partial charge is 0.333 e. The predicted molar refractivity (Wildman–Crippen MR) is 89.7 cm³/mol. The number of carbonyl (C=O) groups is 2. The largest absolute Gasteiger partial charge is 0.458 e. The lowest BCUT2D eigenvalue weighted by molar-refractivity contribution is -0.177. The van der Waals surface area contributed by atoms with E-state index in [1.807, 2.05) is 13.0 Å². The molecular formula is C20H28O3. The minimum Gasteiger partial charge on any atom is -0.458 e. The average Bonchev–Trinajstić information content (AvgIpc) is 2.60. The van der Waals surface area contributed by atoms with Crippen LogP contribution in [0.1, 0.15) is 54.4 Å². The second kappa shape index (κ2) is 5.06. The Morgan fingerprint density at radius 1 is 1.30 bits per heavy atom. The molecule has 0 spiro atoms. The molecule has 5 unspecified atom stereocenters. The van der Waals surface area contributed by atoms with Gasteiger partial charge in [-0.2, -0.15) is 0 Å². The number of carbonyl (C=O) groups excluding carboxylic acids is 2. The van der Waals surface area contributed by atoms with Gasteiger partial charge in [-0.05, 0) is 56.9 Å². The van der Waals surface area contributed by atoms with Crippen LogP contribution in [0.2, 0.25) is 0 Å². The zero-order chi connectivity index (χ0) is 17.2. The molecule has 23 heavy (non-hydrogen) atoms. The Bertz CT molecular complexity index is 625. The van der Waals surface area contributed by atoms with Gasteiger partial charge in [0.25, 0.3) is 0 Å². The lowest BCUT2D eigenvalue weighted by atomic mass is 9.38. The number of hydrogen-bond donors (Lipinski definition) is 0. The number of fused-ring (bicyclic) bond motifs is 3. The molecule has 0 aromatic heterocycles. The van der Waals surface area contributed by atoms with Crippen LogP contribution in [0.3, 0.4) is 0 Å². The molecule has 4 rings (SSSR count). The Morgan fingerprint density at radius 2 is 1.96 bits per heavy atom. The molecule has 3 saturated carbocycles. The number of ether oxygens (including phenoxy) is 1. The Kier molecular flexibility index (Phi) is 3.62. The molecule has 3 fully saturated rings. The molecule has 0 N–H and O–H groups in total. The summed E-state index contributed by atoms with van der Waals surface area (Å²) in [4.78, 5) is 24.8. The maximum atomic E-state index is 12.6. The van der Waals surface area contributed by atoms with E-state index in [0.717, 1.165) is 12.8 Å². The van der Waals surface area contributed by atoms with Crippen LogP contribution in [0.4, 0.5) is 0 Å². The van der Waals surface area contributed by atoms with E-state index in [9.17, 15) is 9.59 Å². The molecule has 5 atom stereocenters. The van der Waals surface area contributed by atoms with Gasteiger partial charge in [0.1, 0.15) is 6.10 Å². The van der Waals surface area contributed by atoms with Crippen LogP contribution in [-0.2, 0) is 14.3 Å². The van der Waals surface area contributed by atoms with Crippen LogP contribution < -0.4 is 0 Å². The number of allylic oxidation sites excluding steroid dienone is 3. The first-order valence-corrected chi connectivity index (χ1v) is 8.70. The van der Waals surface area contributed by atoms with Crippen LogP contribution in [0, 0.1) is 28.6 Å². The fourth-order valence-corrected chi connectivity index (χ4v) is 5.55. The highest BCUT2D eigenvalue weighted by molar-refractivity contribution is 5.96. The number of esters is 1. The van der Waals surface area contributed by atoms with E-state index in [4.69, 9.17) is 4.74 Å². The lowest BCUT2D eigenvalue weighted by Crippen LogP contribution is -2.64. The van der Waals surface area contributed by atoms with Gasteiger partial charge in [0.2, 0.25) is 0 Å². The van der Waals surface area contributed by atoms with Crippen molar-refractivity contribution in [2.45, 2.75) is 60.5 Å². The molecule has 4 aliphatic carbocycles. The van der Waals surface area contributed by atoms with Crippen LogP contribution in [0.25, 0.3) is 0 Å². The summed E-state index contributed by atoms with van der Waals surface area (Å²) in [5.41, 5.74) is 1.74. The van der Waals surface area contributed by atoms with Gasteiger partial charge in [-0.1, -0.05) is 32.4 Å². The average molecular weight is 316 g/mol. The molecule has 4 aliphatic rings. The Balaban J connectivity index is 1.94. The van der Waals surface area contributed by atoms with E-state index in [1.54, 1.807) is 13.0 Å².